The van der Waals surface area contributed by atoms with Crippen LogP contribution in [0.4, 0.5) is 0 Å². The second-order valence-electron chi connectivity index (χ2n) is 11.8. The van der Waals surface area contributed by atoms with Crippen LogP contribution in [-0.4, -0.2) is 8.75 Å². The van der Waals surface area contributed by atoms with E-state index in [0.29, 0.717) is 11.5 Å². The van der Waals surface area contributed by atoms with Crippen molar-refractivity contribution in [1.82, 2.24) is 8.75 Å². The van der Waals surface area contributed by atoms with Gasteiger partial charge in [-0.3, -0.25) is 0 Å². The van der Waals surface area contributed by atoms with E-state index in [9.17, 15) is 0 Å². The predicted octanol–water partition coefficient (Wildman–Crippen LogP) is 12.3. The van der Waals surface area contributed by atoms with Gasteiger partial charge >= 0.3 is 0 Å². The van der Waals surface area contributed by atoms with Gasteiger partial charge in [0.05, 0.1) is 22.9 Å². The number of rotatable bonds is 7. The van der Waals surface area contributed by atoms with Crippen LogP contribution in [0.3, 0.4) is 0 Å². The first kappa shape index (κ1) is 29.7. The number of thiophene rings is 1. The Morgan fingerprint density at radius 3 is 1.70 bits per heavy atom. The number of thiol groups is 1. The molecule has 0 bridgehead atoms. The van der Waals surface area contributed by atoms with Crippen molar-refractivity contribution in [2.45, 2.75) is 37.5 Å². The van der Waals surface area contributed by atoms with Crippen molar-refractivity contribution in [3.05, 3.63) is 136 Å². The minimum atomic E-state index is -0.631. The minimum absolute atomic E-state index is 0.631. The highest BCUT2D eigenvalue weighted by Gasteiger charge is 2.32. The van der Waals surface area contributed by atoms with Crippen molar-refractivity contribution in [3.8, 4) is 44.6 Å². The first-order valence-electron chi connectivity index (χ1n) is 15.5. The second-order valence-corrected chi connectivity index (χ2v) is 15.3. The van der Waals surface area contributed by atoms with Crippen molar-refractivity contribution < 1.29 is 9.47 Å². The molecule has 0 radical (unpaired) electrons. The zero-order valence-corrected chi connectivity index (χ0v) is 29.0. The maximum atomic E-state index is 6.94. The number of ether oxygens (including phenoxy) is 2. The fourth-order valence-electron chi connectivity index (χ4n) is 6.47. The Kier molecular flexibility index (Phi) is 7.68. The smallest absolute Gasteiger partial charge is 0.181 e. The summed E-state index contributed by atoms with van der Waals surface area (Å²) < 4.78 is 23.8. The SMILES string of the molecule is Cc1cccc(C)c1-c1c(Oc2ccccc2)c(Oc2ccccc2)c(-c2cc3c(s2)C=C[SH]3c2c(C)cccc2C)c2nsnc12. The molecule has 0 N–H and O–H groups in total. The molecule has 1 unspecified atom stereocenters. The second kappa shape index (κ2) is 12.2. The number of aryl methyl sites for hydroxylation is 4. The lowest BCUT2D eigenvalue weighted by Crippen LogP contribution is -2.00. The summed E-state index contributed by atoms with van der Waals surface area (Å²) in [7, 11) is -0.631. The number of aromatic nitrogens is 2. The molecule has 0 fully saturated rings. The first-order chi connectivity index (χ1) is 23.0. The standard InChI is InChI=1S/C40H32N2O2S3/c1-24-13-11-14-25(2)33(24)35-37-36(41-46-42-37)34(31-23-32-30(45-31)21-22-47(32)40-26(3)15-12-16-27(40)4)38(43-28-17-7-5-8-18-28)39(35)44-29-19-9-6-10-20-29/h5-23,47H,1-4H3. The Balaban J connectivity index is 1.43. The highest BCUT2D eigenvalue weighted by atomic mass is 32.2. The summed E-state index contributed by atoms with van der Waals surface area (Å²) in [5.74, 6) is 2.72. The highest BCUT2D eigenvalue weighted by Crippen LogP contribution is 2.60. The number of para-hydroxylation sites is 2. The summed E-state index contributed by atoms with van der Waals surface area (Å²) in [5, 5.41) is 2.39. The van der Waals surface area contributed by atoms with Crippen LogP contribution in [0.15, 0.2) is 118 Å². The topological polar surface area (TPSA) is 44.2 Å². The minimum Gasteiger partial charge on any atom is -0.453 e. The van der Waals surface area contributed by atoms with Gasteiger partial charge in [-0.2, -0.15) is 19.6 Å². The summed E-state index contributed by atoms with van der Waals surface area (Å²) in [6.07, 6.45) is 2.29. The lowest BCUT2D eigenvalue weighted by atomic mass is 9.92. The Hall–Kier alpha value is -4.69. The molecule has 3 heterocycles. The largest absolute Gasteiger partial charge is 0.453 e. The van der Waals surface area contributed by atoms with Gasteiger partial charge in [-0.25, -0.2) is 0 Å². The third kappa shape index (κ3) is 5.25. The van der Waals surface area contributed by atoms with Gasteiger partial charge in [0.25, 0.3) is 0 Å². The van der Waals surface area contributed by atoms with Crippen LogP contribution in [0, 0.1) is 27.7 Å². The zero-order valence-electron chi connectivity index (χ0n) is 26.4. The van der Waals surface area contributed by atoms with Crippen molar-refractivity contribution in [2.75, 3.05) is 0 Å². The normalized spacial score (nSPS) is 14.4. The molecule has 4 nitrogen and oxygen atoms in total. The summed E-state index contributed by atoms with van der Waals surface area (Å²) in [6, 6.07) is 35.2. The molecule has 0 saturated heterocycles. The van der Waals surface area contributed by atoms with Gasteiger partial charge in [-0.15, -0.1) is 11.3 Å². The molecule has 5 aromatic carbocycles. The van der Waals surface area contributed by atoms with E-state index in [-0.39, 0.29) is 0 Å². The predicted molar refractivity (Wildman–Crippen MR) is 199 cm³/mol. The molecule has 1 aliphatic rings. The van der Waals surface area contributed by atoms with Crippen molar-refractivity contribution in [1.29, 1.82) is 0 Å². The highest BCUT2D eigenvalue weighted by molar-refractivity contribution is 8.20. The summed E-state index contributed by atoms with van der Waals surface area (Å²) in [4.78, 5) is 5.16. The van der Waals surface area contributed by atoms with E-state index >= 15 is 0 Å². The molecule has 2 aromatic heterocycles. The third-order valence-electron chi connectivity index (χ3n) is 8.58. The lowest BCUT2D eigenvalue weighted by molar-refractivity contribution is 0.422. The molecular formula is C40H32N2O2S3. The molecular weight excluding hydrogens is 637 g/mol. The van der Waals surface area contributed by atoms with Crippen molar-refractivity contribution >= 4 is 51.1 Å². The van der Waals surface area contributed by atoms with Gasteiger partial charge in [0.1, 0.15) is 22.5 Å². The van der Waals surface area contributed by atoms with E-state index in [1.54, 1.807) is 11.3 Å². The van der Waals surface area contributed by atoms with E-state index < -0.39 is 10.9 Å². The summed E-state index contributed by atoms with van der Waals surface area (Å²) in [5.41, 5.74) is 9.44. The summed E-state index contributed by atoms with van der Waals surface area (Å²) >= 11 is 3.01. The van der Waals surface area contributed by atoms with Crippen LogP contribution in [0.5, 0.6) is 23.0 Å². The molecule has 7 aromatic rings. The van der Waals surface area contributed by atoms with E-state index in [1.165, 1.54) is 37.5 Å². The van der Waals surface area contributed by atoms with E-state index in [2.05, 4.69) is 81.6 Å². The molecule has 7 heteroatoms. The van der Waals surface area contributed by atoms with Gasteiger partial charge in [0.2, 0.25) is 0 Å². The van der Waals surface area contributed by atoms with Gasteiger partial charge in [0.15, 0.2) is 11.5 Å². The average molecular weight is 669 g/mol. The summed E-state index contributed by atoms with van der Waals surface area (Å²) in [6.45, 7) is 8.72. The Morgan fingerprint density at radius 2 is 1.11 bits per heavy atom. The maximum absolute atomic E-state index is 6.94. The zero-order chi connectivity index (χ0) is 32.1. The van der Waals surface area contributed by atoms with Crippen LogP contribution < -0.4 is 9.47 Å². The van der Waals surface area contributed by atoms with Crippen LogP contribution >= 0.6 is 34.0 Å². The molecule has 0 spiro atoms. The van der Waals surface area contributed by atoms with Crippen LogP contribution in [0.1, 0.15) is 27.1 Å². The van der Waals surface area contributed by atoms with Crippen molar-refractivity contribution in [3.63, 3.8) is 0 Å². The van der Waals surface area contributed by atoms with Gasteiger partial charge in [-0.05, 0) is 97.3 Å². The fraction of sp³-hybridized carbons (Fsp3) is 0.100. The van der Waals surface area contributed by atoms with Crippen LogP contribution in [0.25, 0.3) is 38.7 Å². The van der Waals surface area contributed by atoms with Crippen LogP contribution in [0.2, 0.25) is 0 Å². The Labute approximate surface area is 285 Å². The van der Waals surface area contributed by atoms with E-state index in [1.807, 2.05) is 60.7 Å². The molecule has 0 aliphatic carbocycles. The van der Waals surface area contributed by atoms with Crippen LogP contribution in [-0.2, 0) is 0 Å². The average Bonchev–Trinajstić information content (AvgIpc) is 3.81. The molecule has 0 amide bonds. The number of nitrogens with zero attached hydrogens (tertiary/aromatic N) is 2. The quantitative estimate of drug-likeness (QED) is 0.172. The van der Waals surface area contributed by atoms with E-state index in [0.717, 1.165) is 55.2 Å². The lowest BCUT2D eigenvalue weighted by Gasteiger charge is -2.22. The Morgan fingerprint density at radius 1 is 0.574 bits per heavy atom. The third-order valence-corrected chi connectivity index (χ3v) is 12.9. The van der Waals surface area contributed by atoms with Gasteiger partial charge in [0, 0.05) is 19.5 Å². The monoisotopic (exact) mass is 668 g/mol. The number of hydrogen-bond donors (Lipinski definition) is 1. The molecule has 0 saturated carbocycles. The molecule has 8 rings (SSSR count). The van der Waals surface area contributed by atoms with Gasteiger partial charge < -0.3 is 9.47 Å². The number of fused-ring (bicyclic) bond motifs is 2. The van der Waals surface area contributed by atoms with Gasteiger partial charge in [-0.1, -0.05) is 72.8 Å². The first-order valence-corrected chi connectivity index (χ1v) is 18.5. The molecule has 232 valence electrons. The molecule has 47 heavy (non-hydrogen) atoms. The Bertz CT molecular complexity index is 2270. The number of benzene rings is 5. The van der Waals surface area contributed by atoms with Crippen molar-refractivity contribution in [2.24, 2.45) is 0 Å². The number of hydrogen-bond acceptors (Lipinski definition) is 6. The van der Waals surface area contributed by atoms with E-state index in [4.69, 9.17) is 18.2 Å². The maximum Gasteiger partial charge on any atom is 0.181 e. The molecule has 1 atom stereocenters. The molecule has 1 aliphatic heterocycles. The fourth-order valence-corrected chi connectivity index (χ4v) is 11.0.